The molecule has 1 N–H and O–H groups in total. The molecular formula is C23H19NO5. The number of amides is 1. The molecule has 0 saturated heterocycles. The highest BCUT2D eigenvalue weighted by atomic mass is 16.5. The van der Waals surface area contributed by atoms with Crippen LogP contribution in [0.4, 0.5) is 5.69 Å². The number of methoxy groups -OCH3 is 1. The maximum Gasteiger partial charge on any atom is 0.375 e. The molecule has 4 rings (SSSR count). The molecule has 4 aromatic rings. The van der Waals surface area contributed by atoms with Crippen LogP contribution >= 0.6 is 0 Å². The molecule has 0 aliphatic rings. The number of aryl methyl sites for hydroxylation is 1. The number of rotatable bonds is 5. The van der Waals surface area contributed by atoms with Gasteiger partial charge in [0.1, 0.15) is 11.3 Å². The van der Waals surface area contributed by atoms with Crippen molar-refractivity contribution in [2.75, 3.05) is 19.0 Å². The van der Waals surface area contributed by atoms with Gasteiger partial charge in [-0.15, -0.1) is 0 Å². The van der Waals surface area contributed by atoms with Crippen LogP contribution in [0.25, 0.3) is 21.7 Å². The molecule has 0 aliphatic carbocycles. The summed E-state index contributed by atoms with van der Waals surface area (Å²) in [7, 11) is 1.51. The number of anilines is 1. The number of hydrogen-bond donors (Lipinski definition) is 1. The molecule has 0 aliphatic heterocycles. The monoisotopic (exact) mass is 389 g/mol. The molecular weight excluding hydrogens is 370 g/mol. The van der Waals surface area contributed by atoms with Gasteiger partial charge >= 0.3 is 5.97 Å². The molecule has 1 aromatic heterocycles. The first-order chi connectivity index (χ1) is 14.1. The van der Waals surface area contributed by atoms with Crippen molar-refractivity contribution in [1.29, 1.82) is 0 Å². The van der Waals surface area contributed by atoms with Gasteiger partial charge in [-0.3, -0.25) is 4.79 Å². The summed E-state index contributed by atoms with van der Waals surface area (Å²) in [6, 6.07) is 18.7. The Kier molecular flexibility index (Phi) is 4.91. The Morgan fingerprint density at radius 2 is 1.72 bits per heavy atom. The van der Waals surface area contributed by atoms with Crippen molar-refractivity contribution in [3.8, 4) is 5.75 Å². The molecule has 0 atom stereocenters. The number of esters is 1. The minimum absolute atomic E-state index is 0.0986. The molecule has 0 saturated carbocycles. The maximum atomic E-state index is 12.5. The lowest BCUT2D eigenvalue weighted by Crippen LogP contribution is -2.21. The number of carbonyl (C=O) groups excluding carboxylic acids is 2. The van der Waals surface area contributed by atoms with Crippen molar-refractivity contribution in [3.63, 3.8) is 0 Å². The Labute approximate surface area is 167 Å². The normalized spacial score (nSPS) is 10.8. The standard InChI is InChI=1S/C23H19NO5/c1-14-16-12-11-15-7-3-4-8-17(15)22(16)29-21(14)23(26)28-13-20(25)24-18-9-5-6-10-19(18)27-2/h3-12H,13H2,1-2H3,(H,24,25). The summed E-state index contributed by atoms with van der Waals surface area (Å²) in [6.45, 7) is 1.36. The van der Waals surface area contributed by atoms with Crippen molar-refractivity contribution < 1.29 is 23.5 Å². The predicted octanol–water partition coefficient (Wildman–Crippen LogP) is 4.70. The van der Waals surface area contributed by atoms with Crippen LogP contribution in [0.1, 0.15) is 16.1 Å². The van der Waals surface area contributed by atoms with Gasteiger partial charge in [-0.2, -0.15) is 0 Å². The Bertz CT molecular complexity index is 1220. The summed E-state index contributed by atoms with van der Waals surface area (Å²) in [4.78, 5) is 24.7. The SMILES string of the molecule is COc1ccccc1NC(=O)COC(=O)c1oc2c(ccc3ccccc32)c1C. The van der Waals surface area contributed by atoms with Gasteiger partial charge in [0, 0.05) is 16.3 Å². The second-order valence-electron chi connectivity index (χ2n) is 6.54. The number of hydrogen-bond acceptors (Lipinski definition) is 5. The number of carbonyl (C=O) groups is 2. The smallest absolute Gasteiger partial charge is 0.375 e. The summed E-state index contributed by atoms with van der Waals surface area (Å²) < 4.78 is 16.2. The fraction of sp³-hybridized carbons (Fsp3) is 0.130. The quantitative estimate of drug-likeness (QED) is 0.501. The van der Waals surface area contributed by atoms with E-state index in [-0.39, 0.29) is 5.76 Å². The zero-order valence-electron chi connectivity index (χ0n) is 16.0. The van der Waals surface area contributed by atoms with Gasteiger partial charge in [0.25, 0.3) is 5.91 Å². The van der Waals surface area contributed by atoms with E-state index in [1.54, 1.807) is 31.2 Å². The Balaban J connectivity index is 1.51. The molecule has 146 valence electrons. The second-order valence-corrected chi connectivity index (χ2v) is 6.54. The average molecular weight is 389 g/mol. The molecule has 0 bridgehead atoms. The molecule has 29 heavy (non-hydrogen) atoms. The van der Waals surface area contributed by atoms with Crippen LogP contribution in [0.5, 0.6) is 5.75 Å². The van der Waals surface area contributed by atoms with Crippen molar-refractivity contribution in [3.05, 3.63) is 72.0 Å². The van der Waals surface area contributed by atoms with Crippen molar-refractivity contribution in [2.45, 2.75) is 6.92 Å². The first kappa shape index (κ1) is 18.6. The fourth-order valence-electron chi connectivity index (χ4n) is 3.27. The summed E-state index contributed by atoms with van der Waals surface area (Å²) in [5, 5.41) is 5.44. The molecule has 0 fully saturated rings. The topological polar surface area (TPSA) is 77.8 Å². The highest BCUT2D eigenvalue weighted by Crippen LogP contribution is 2.32. The van der Waals surface area contributed by atoms with E-state index < -0.39 is 18.5 Å². The van der Waals surface area contributed by atoms with Gasteiger partial charge < -0.3 is 19.2 Å². The van der Waals surface area contributed by atoms with Gasteiger partial charge in [0.15, 0.2) is 6.61 Å². The number of benzene rings is 3. The maximum absolute atomic E-state index is 12.5. The van der Waals surface area contributed by atoms with E-state index in [2.05, 4.69) is 5.32 Å². The minimum atomic E-state index is -0.682. The summed E-state index contributed by atoms with van der Waals surface area (Å²) in [6.07, 6.45) is 0. The van der Waals surface area contributed by atoms with E-state index >= 15 is 0 Å². The third-order valence-corrected chi connectivity index (χ3v) is 4.73. The van der Waals surface area contributed by atoms with E-state index in [1.165, 1.54) is 7.11 Å². The van der Waals surface area contributed by atoms with E-state index in [9.17, 15) is 9.59 Å². The van der Waals surface area contributed by atoms with Crippen LogP contribution in [0, 0.1) is 6.92 Å². The van der Waals surface area contributed by atoms with Crippen molar-refractivity contribution in [2.24, 2.45) is 0 Å². The lowest BCUT2D eigenvalue weighted by molar-refractivity contribution is -0.119. The Morgan fingerprint density at radius 3 is 2.55 bits per heavy atom. The fourth-order valence-corrected chi connectivity index (χ4v) is 3.27. The van der Waals surface area contributed by atoms with Crippen molar-refractivity contribution >= 4 is 39.3 Å². The molecule has 6 heteroatoms. The number of furan rings is 1. The molecule has 6 nitrogen and oxygen atoms in total. The molecule has 3 aromatic carbocycles. The highest BCUT2D eigenvalue weighted by molar-refractivity contribution is 6.08. The second kappa shape index (κ2) is 7.67. The van der Waals surface area contributed by atoms with Gasteiger partial charge in [0.2, 0.25) is 5.76 Å². The Hall–Kier alpha value is -3.80. The molecule has 1 amide bonds. The largest absolute Gasteiger partial charge is 0.495 e. The van der Waals surface area contributed by atoms with Gasteiger partial charge in [-0.1, -0.05) is 48.5 Å². The lowest BCUT2D eigenvalue weighted by atomic mass is 10.1. The molecule has 1 heterocycles. The summed E-state index contributed by atoms with van der Waals surface area (Å²) >= 11 is 0. The number of ether oxygens (including phenoxy) is 2. The lowest BCUT2D eigenvalue weighted by Gasteiger charge is -2.09. The number of para-hydroxylation sites is 2. The van der Waals surface area contributed by atoms with Crippen molar-refractivity contribution in [1.82, 2.24) is 0 Å². The zero-order chi connectivity index (χ0) is 20.4. The van der Waals surface area contributed by atoms with Crippen LogP contribution < -0.4 is 10.1 Å². The number of nitrogens with one attached hydrogen (secondary N) is 1. The average Bonchev–Trinajstić information content (AvgIpc) is 3.09. The molecule has 0 radical (unpaired) electrons. The van der Waals surface area contributed by atoms with Crippen LogP contribution in [0.15, 0.2) is 65.1 Å². The molecule has 0 spiro atoms. The number of fused-ring (bicyclic) bond motifs is 3. The minimum Gasteiger partial charge on any atom is -0.495 e. The van der Waals surface area contributed by atoms with Crippen LogP contribution in [0.3, 0.4) is 0 Å². The summed E-state index contributed by atoms with van der Waals surface area (Å²) in [5.74, 6) is -0.534. The third kappa shape index (κ3) is 3.52. The van der Waals surface area contributed by atoms with E-state index in [0.29, 0.717) is 22.6 Å². The first-order valence-electron chi connectivity index (χ1n) is 9.09. The highest BCUT2D eigenvalue weighted by Gasteiger charge is 2.21. The van der Waals surface area contributed by atoms with Crippen LogP contribution in [0.2, 0.25) is 0 Å². The molecule has 0 unspecified atom stereocenters. The first-order valence-corrected chi connectivity index (χ1v) is 9.09. The van der Waals surface area contributed by atoms with Gasteiger partial charge in [-0.05, 0) is 24.4 Å². The van der Waals surface area contributed by atoms with E-state index in [1.807, 2.05) is 36.4 Å². The van der Waals surface area contributed by atoms with Gasteiger partial charge in [0.05, 0.1) is 12.8 Å². The Morgan fingerprint density at radius 1 is 0.966 bits per heavy atom. The summed E-state index contributed by atoms with van der Waals surface area (Å²) in [5.41, 5.74) is 1.81. The van der Waals surface area contributed by atoms with E-state index in [4.69, 9.17) is 13.9 Å². The third-order valence-electron chi connectivity index (χ3n) is 4.73. The van der Waals surface area contributed by atoms with Gasteiger partial charge in [-0.25, -0.2) is 4.79 Å². The van der Waals surface area contributed by atoms with E-state index in [0.717, 1.165) is 16.2 Å². The zero-order valence-corrected chi connectivity index (χ0v) is 16.0. The van der Waals surface area contributed by atoms with Crippen LogP contribution in [-0.2, 0) is 9.53 Å². The predicted molar refractivity (Wildman–Crippen MR) is 110 cm³/mol. The van der Waals surface area contributed by atoms with Crippen LogP contribution in [-0.4, -0.2) is 25.6 Å².